The number of rotatable bonds is 5. The molecule has 1 atom stereocenters. The number of esters is 1. The van der Waals surface area contributed by atoms with Crippen LogP contribution in [0.4, 0.5) is 11.4 Å². The summed E-state index contributed by atoms with van der Waals surface area (Å²) in [4.78, 5) is 14.4. The second-order valence-electron chi connectivity index (χ2n) is 7.87. The lowest BCUT2D eigenvalue weighted by molar-refractivity contribution is -0.142. The largest absolute Gasteiger partial charge is 0.493 e. The van der Waals surface area contributed by atoms with Gasteiger partial charge < -0.3 is 19.1 Å². The van der Waals surface area contributed by atoms with Gasteiger partial charge >= 0.3 is 5.97 Å². The van der Waals surface area contributed by atoms with Gasteiger partial charge in [0.2, 0.25) is 5.72 Å². The van der Waals surface area contributed by atoms with Crippen LogP contribution in [0.1, 0.15) is 31.9 Å². The van der Waals surface area contributed by atoms with Gasteiger partial charge in [-0.3, -0.25) is 15.5 Å². The van der Waals surface area contributed by atoms with Crippen molar-refractivity contribution in [3.05, 3.63) is 53.6 Å². The lowest BCUT2D eigenvalue weighted by atomic mass is 9.76. The number of methoxy groups -OCH3 is 1. The average molecular weight is 410 g/mol. The molecule has 1 unspecified atom stereocenters. The number of hydrogen-bond donors (Lipinski definition) is 2. The second kappa shape index (κ2) is 7.25. The molecule has 7 nitrogen and oxygen atoms in total. The highest BCUT2D eigenvalue weighted by Gasteiger charge is 2.59. The summed E-state index contributed by atoms with van der Waals surface area (Å²) in [5.74, 6) is 0.711. The molecule has 0 saturated heterocycles. The van der Waals surface area contributed by atoms with Crippen LogP contribution in [0, 0.1) is 0 Å². The summed E-state index contributed by atoms with van der Waals surface area (Å²) in [6, 6.07) is 11.4. The van der Waals surface area contributed by atoms with Gasteiger partial charge in [0, 0.05) is 17.3 Å². The number of hydrogen-bond acceptors (Lipinski definition) is 7. The van der Waals surface area contributed by atoms with Crippen molar-refractivity contribution in [3.63, 3.8) is 0 Å². The Labute approximate surface area is 175 Å². The maximum absolute atomic E-state index is 12.5. The highest BCUT2D eigenvalue weighted by Crippen LogP contribution is 2.56. The minimum absolute atomic E-state index is 0.0482. The van der Waals surface area contributed by atoms with E-state index in [9.17, 15) is 10.0 Å². The van der Waals surface area contributed by atoms with Crippen LogP contribution in [-0.4, -0.2) is 37.2 Å². The molecule has 2 N–H and O–H groups in total. The highest BCUT2D eigenvalue weighted by molar-refractivity contribution is 5.82. The maximum Gasteiger partial charge on any atom is 0.325 e. The summed E-state index contributed by atoms with van der Waals surface area (Å²) >= 11 is 0. The monoisotopic (exact) mass is 410 g/mol. The molecule has 0 bridgehead atoms. The summed E-state index contributed by atoms with van der Waals surface area (Å²) in [6.07, 6.45) is 3.91. The molecule has 2 aromatic rings. The van der Waals surface area contributed by atoms with E-state index in [0.717, 1.165) is 16.8 Å². The minimum Gasteiger partial charge on any atom is -0.493 e. The van der Waals surface area contributed by atoms with Gasteiger partial charge in [-0.25, -0.2) is 0 Å². The number of carbonyl (C=O) groups is 1. The van der Waals surface area contributed by atoms with Crippen molar-refractivity contribution in [3.8, 4) is 11.5 Å². The normalized spacial score (nSPS) is 20.4. The first-order valence-electron chi connectivity index (χ1n) is 9.91. The molecule has 2 aliphatic rings. The van der Waals surface area contributed by atoms with Crippen LogP contribution in [0.2, 0.25) is 0 Å². The predicted molar refractivity (Wildman–Crippen MR) is 114 cm³/mol. The third-order valence-corrected chi connectivity index (χ3v) is 5.94. The minimum atomic E-state index is -0.960. The Morgan fingerprint density at radius 1 is 1.27 bits per heavy atom. The van der Waals surface area contributed by atoms with E-state index in [-0.39, 0.29) is 12.5 Å². The number of fused-ring (bicyclic) bond motifs is 2. The summed E-state index contributed by atoms with van der Waals surface area (Å²) < 4.78 is 17.5. The van der Waals surface area contributed by atoms with Crippen molar-refractivity contribution in [2.45, 2.75) is 31.9 Å². The van der Waals surface area contributed by atoms with Crippen molar-refractivity contribution < 1.29 is 24.2 Å². The third-order valence-electron chi connectivity index (χ3n) is 5.94. The molecule has 2 aromatic carbocycles. The predicted octanol–water partition coefficient (Wildman–Crippen LogP) is 3.96. The lowest BCUT2D eigenvalue weighted by Crippen LogP contribution is -2.60. The molecule has 0 saturated carbocycles. The molecule has 158 valence electrons. The Balaban J connectivity index is 1.87. The van der Waals surface area contributed by atoms with E-state index in [1.165, 1.54) is 0 Å². The van der Waals surface area contributed by atoms with E-state index in [1.807, 2.05) is 35.3 Å². The number of carbonyl (C=O) groups excluding carboxylic acids is 1. The van der Waals surface area contributed by atoms with Gasteiger partial charge in [-0.2, -0.15) is 0 Å². The molecule has 2 heterocycles. The fraction of sp³-hybridized carbons (Fsp3) is 0.348. The van der Waals surface area contributed by atoms with Crippen LogP contribution in [-0.2, 0) is 14.9 Å². The van der Waals surface area contributed by atoms with E-state index in [0.29, 0.717) is 23.8 Å². The zero-order valence-electron chi connectivity index (χ0n) is 17.6. The summed E-state index contributed by atoms with van der Waals surface area (Å²) in [5, 5.41) is 9.33. The average Bonchev–Trinajstić information content (AvgIpc) is 2.92. The Kier molecular flexibility index (Phi) is 4.86. The maximum atomic E-state index is 12.5. The SMILES string of the molecule is CCOC(=O)CN1c2ccccc2C(C)(C)C12C=Cc1cc(NO)cc(OC)c1O2. The van der Waals surface area contributed by atoms with E-state index in [1.54, 1.807) is 26.2 Å². The van der Waals surface area contributed by atoms with E-state index in [4.69, 9.17) is 14.2 Å². The van der Waals surface area contributed by atoms with Gasteiger partial charge in [-0.15, -0.1) is 0 Å². The first-order valence-corrected chi connectivity index (χ1v) is 9.91. The van der Waals surface area contributed by atoms with Gasteiger partial charge in [-0.05, 0) is 50.6 Å². The fourth-order valence-corrected chi connectivity index (χ4v) is 4.43. The molecule has 4 rings (SSSR count). The van der Waals surface area contributed by atoms with Gasteiger partial charge in [0.1, 0.15) is 6.54 Å². The van der Waals surface area contributed by atoms with Crippen LogP contribution in [0.15, 0.2) is 42.5 Å². The zero-order valence-corrected chi connectivity index (χ0v) is 17.6. The molecule has 2 aliphatic heterocycles. The molecular weight excluding hydrogens is 384 g/mol. The molecule has 0 fully saturated rings. The molecule has 30 heavy (non-hydrogen) atoms. The topological polar surface area (TPSA) is 80.3 Å². The van der Waals surface area contributed by atoms with Crippen molar-refractivity contribution >= 4 is 23.4 Å². The van der Waals surface area contributed by atoms with E-state index >= 15 is 0 Å². The molecule has 0 aliphatic carbocycles. The van der Waals surface area contributed by atoms with Crippen molar-refractivity contribution in [2.75, 3.05) is 30.6 Å². The summed E-state index contributed by atoms with van der Waals surface area (Å²) in [6.45, 7) is 6.35. The first kappa shape index (κ1) is 20.1. The van der Waals surface area contributed by atoms with Crippen LogP contribution in [0.3, 0.4) is 0 Å². The van der Waals surface area contributed by atoms with Crippen LogP contribution < -0.4 is 19.9 Å². The van der Waals surface area contributed by atoms with Crippen LogP contribution >= 0.6 is 0 Å². The van der Waals surface area contributed by atoms with Gasteiger partial charge in [0.05, 0.1) is 24.8 Å². The quantitative estimate of drug-likeness (QED) is 0.570. The van der Waals surface area contributed by atoms with Crippen molar-refractivity contribution in [1.82, 2.24) is 0 Å². The lowest BCUT2D eigenvalue weighted by Gasteiger charge is -2.47. The summed E-state index contributed by atoms with van der Waals surface area (Å²) in [7, 11) is 1.55. The van der Waals surface area contributed by atoms with Crippen molar-refractivity contribution in [1.29, 1.82) is 0 Å². The number of ether oxygens (including phenoxy) is 3. The Morgan fingerprint density at radius 3 is 2.73 bits per heavy atom. The van der Waals surface area contributed by atoms with Gasteiger partial charge in [0.25, 0.3) is 0 Å². The standard InChI is InChI=1S/C23H26N2O5/c1-5-29-20(26)14-25-18-9-7-6-8-17(18)22(2,3)23(25)11-10-15-12-16(24-27)13-19(28-4)21(15)30-23/h6-13,24,27H,5,14H2,1-4H3. The van der Waals surface area contributed by atoms with Gasteiger partial charge in [0.15, 0.2) is 11.5 Å². The van der Waals surface area contributed by atoms with Crippen LogP contribution in [0.5, 0.6) is 11.5 Å². The molecule has 0 aromatic heterocycles. The third kappa shape index (κ3) is 2.81. The highest BCUT2D eigenvalue weighted by atomic mass is 16.6. The number of para-hydroxylation sites is 1. The van der Waals surface area contributed by atoms with E-state index in [2.05, 4.69) is 25.4 Å². The molecule has 0 amide bonds. The summed E-state index contributed by atoms with van der Waals surface area (Å²) in [5.41, 5.74) is 3.97. The van der Waals surface area contributed by atoms with Crippen molar-refractivity contribution in [2.24, 2.45) is 0 Å². The number of nitrogens with zero attached hydrogens (tertiary/aromatic N) is 1. The Hall–Kier alpha value is -3.19. The smallest absolute Gasteiger partial charge is 0.325 e. The van der Waals surface area contributed by atoms with Gasteiger partial charge in [-0.1, -0.05) is 18.2 Å². The molecule has 7 heteroatoms. The number of benzene rings is 2. The number of nitrogens with one attached hydrogen (secondary N) is 1. The van der Waals surface area contributed by atoms with Crippen LogP contribution in [0.25, 0.3) is 6.08 Å². The fourth-order valence-electron chi connectivity index (χ4n) is 4.43. The first-order chi connectivity index (χ1) is 14.4. The molecule has 0 radical (unpaired) electrons. The molecular formula is C23H26N2O5. The molecule has 1 spiro atoms. The van der Waals surface area contributed by atoms with E-state index < -0.39 is 11.1 Å². The Bertz CT molecular complexity index is 1020. The number of anilines is 2. The zero-order chi connectivity index (χ0) is 21.5. The second-order valence-corrected chi connectivity index (χ2v) is 7.87. The Morgan fingerprint density at radius 2 is 2.03 bits per heavy atom.